The summed E-state index contributed by atoms with van der Waals surface area (Å²) in [4.78, 5) is 12.0. The Morgan fingerprint density at radius 1 is 1.44 bits per heavy atom. The fourth-order valence-corrected chi connectivity index (χ4v) is 2.65. The molecule has 0 heterocycles. The van der Waals surface area contributed by atoms with Crippen molar-refractivity contribution < 1.29 is 9.90 Å². The lowest BCUT2D eigenvalue weighted by Crippen LogP contribution is -2.40. The quantitative estimate of drug-likeness (QED) is 0.693. The zero-order valence-corrected chi connectivity index (χ0v) is 11.9. The Kier molecular flexibility index (Phi) is 5.60. The van der Waals surface area contributed by atoms with Crippen LogP contribution in [0.3, 0.4) is 0 Å². The standard InChI is InChI=1S/C14H28N2O2/c1-14(2,3)7-11(8-15)13(18)16-9-10-5-4-6-12(10)17/h10-12,17H,4-9,15H2,1-3H3,(H,16,18). The van der Waals surface area contributed by atoms with Crippen molar-refractivity contribution in [2.24, 2.45) is 23.0 Å². The minimum absolute atomic E-state index is 0.0338. The van der Waals surface area contributed by atoms with Crippen LogP contribution in [0.1, 0.15) is 46.5 Å². The van der Waals surface area contributed by atoms with Gasteiger partial charge in [-0.25, -0.2) is 0 Å². The molecule has 18 heavy (non-hydrogen) atoms. The molecule has 0 saturated heterocycles. The molecule has 0 bridgehead atoms. The zero-order valence-electron chi connectivity index (χ0n) is 11.9. The monoisotopic (exact) mass is 256 g/mol. The van der Waals surface area contributed by atoms with E-state index in [1.165, 1.54) is 0 Å². The van der Waals surface area contributed by atoms with E-state index in [2.05, 4.69) is 26.1 Å². The molecule has 106 valence electrons. The SMILES string of the molecule is CC(C)(C)CC(CN)C(=O)NCC1CCCC1O. The van der Waals surface area contributed by atoms with E-state index in [0.717, 1.165) is 25.7 Å². The molecule has 1 fully saturated rings. The van der Waals surface area contributed by atoms with Crippen LogP contribution >= 0.6 is 0 Å². The molecule has 0 aromatic heterocycles. The van der Waals surface area contributed by atoms with Gasteiger partial charge in [-0.2, -0.15) is 0 Å². The number of aliphatic hydroxyl groups excluding tert-OH is 1. The Labute approximate surface area is 110 Å². The molecule has 4 nitrogen and oxygen atoms in total. The van der Waals surface area contributed by atoms with Crippen LogP contribution in [0.25, 0.3) is 0 Å². The van der Waals surface area contributed by atoms with Crippen molar-refractivity contribution in [3.8, 4) is 0 Å². The summed E-state index contributed by atoms with van der Waals surface area (Å²) in [5, 5.41) is 12.7. The summed E-state index contributed by atoms with van der Waals surface area (Å²) in [5.41, 5.74) is 5.79. The molecule has 4 heteroatoms. The summed E-state index contributed by atoms with van der Waals surface area (Å²) in [7, 11) is 0. The van der Waals surface area contributed by atoms with Gasteiger partial charge in [0.1, 0.15) is 0 Å². The molecule has 0 spiro atoms. The number of nitrogens with one attached hydrogen (secondary N) is 1. The van der Waals surface area contributed by atoms with Gasteiger partial charge in [-0.15, -0.1) is 0 Å². The molecule has 1 saturated carbocycles. The van der Waals surface area contributed by atoms with E-state index in [-0.39, 0.29) is 29.3 Å². The van der Waals surface area contributed by atoms with Gasteiger partial charge in [-0.1, -0.05) is 27.2 Å². The normalized spacial score (nSPS) is 26.1. The van der Waals surface area contributed by atoms with E-state index in [9.17, 15) is 9.90 Å². The van der Waals surface area contributed by atoms with Crippen molar-refractivity contribution in [3.63, 3.8) is 0 Å². The number of carbonyl (C=O) groups is 1. The number of nitrogens with two attached hydrogens (primary N) is 1. The van der Waals surface area contributed by atoms with Crippen LogP contribution in [-0.2, 0) is 4.79 Å². The van der Waals surface area contributed by atoms with Gasteiger partial charge in [-0.3, -0.25) is 4.79 Å². The van der Waals surface area contributed by atoms with E-state index < -0.39 is 0 Å². The summed E-state index contributed by atoms with van der Waals surface area (Å²) < 4.78 is 0. The zero-order chi connectivity index (χ0) is 13.8. The van der Waals surface area contributed by atoms with E-state index in [0.29, 0.717) is 13.1 Å². The first-order valence-electron chi connectivity index (χ1n) is 6.99. The van der Waals surface area contributed by atoms with E-state index in [1.54, 1.807) is 0 Å². The van der Waals surface area contributed by atoms with Crippen LogP contribution in [0, 0.1) is 17.3 Å². The Morgan fingerprint density at radius 3 is 2.56 bits per heavy atom. The molecular formula is C14H28N2O2. The average Bonchev–Trinajstić information content (AvgIpc) is 2.67. The van der Waals surface area contributed by atoms with E-state index in [4.69, 9.17) is 5.73 Å². The summed E-state index contributed by atoms with van der Waals surface area (Å²) in [6, 6.07) is 0. The van der Waals surface area contributed by atoms with Gasteiger partial charge in [-0.05, 0) is 24.7 Å². The first-order chi connectivity index (χ1) is 8.33. The molecule has 1 aliphatic rings. The third kappa shape index (κ3) is 4.94. The molecule has 0 aliphatic heterocycles. The van der Waals surface area contributed by atoms with Gasteiger partial charge in [0.05, 0.1) is 12.0 Å². The van der Waals surface area contributed by atoms with E-state index in [1.807, 2.05) is 0 Å². The predicted octanol–water partition coefficient (Wildman–Crippen LogP) is 1.27. The van der Waals surface area contributed by atoms with Gasteiger partial charge < -0.3 is 16.2 Å². The van der Waals surface area contributed by atoms with Crippen LogP contribution in [-0.4, -0.2) is 30.2 Å². The van der Waals surface area contributed by atoms with Gasteiger partial charge in [0, 0.05) is 19.0 Å². The molecule has 0 aromatic rings. The summed E-state index contributed by atoms with van der Waals surface area (Å²) in [6.07, 6.45) is 3.48. The van der Waals surface area contributed by atoms with Gasteiger partial charge in [0.2, 0.25) is 5.91 Å². The highest BCUT2D eigenvalue weighted by atomic mass is 16.3. The molecule has 3 atom stereocenters. The third-order valence-electron chi connectivity index (χ3n) is 3.67. The predicted molar refractivity (Wildman–Crippen MR) is 73.0 cm³/mol. The van der Waals surface area contributed by atoms with Crippen LogP contribution in [0.5, 0.6) is 0 Å². The molecule has 1 amide bonds. The number of amides is 1. The Morgan fingerprint density at radius 2 is 2.11 bits per heavy atom. The van der Waals surface area contributed by atoms with Gasteiger partial charge in [0.25, 0.3) is 0 Å². The second kappa shape index (κ2) is 6.53. The third-order valence-corrected chi connectivity index (χ3v) is 3.67. The summed E-state index contributed by atoms with van der Waals surface area (Å²) >= 11 is 0. The van der Waals surface area contributed by atoms with Gasteiger partial charge >= 0.3 is 0 Å². The lowest BCUT2D eigenvalue weighted by molar-refractivity contribution is -0.125. The minimum Gasteiger partial charge on any atom is -0.393 e. The van der Waals surface area contributed by atoms with Crippen molar-refractivity contribution in [3.05, 3.63) is 0 Å². The van der Waals surface area contributed by atoms with Gasteiger partial charge in [0.15, 0.2) is 0 Å². The van der Waals surface area contributed by atoms with Crippen molar-refractivity contribution in [2.75, 3.05) is 13.1 Å². The highest BCUT2D eigenvalue weighted by Crippen LogP contribution is 2.26. The maximum Gasteiger partial charge on any atom is 0.224 e. The van der Waals surface area contributed by atoms with E-state index >= 15 is 0 Å². The van der Waals surface area contributed by atoms with Crippen molar-refractivity contribution in [2.45, 2.75) is 52.6 Å². The highest BCUT2D eigenvalue weighted by Gasteiger charge is 2.28. The number of hydrogen-bond acceptors (Lipinski definition) is 3. The number of carbonyl (C=O) groups excluding carboxylic acids is 1. The molecular weight excluding hydrogens is 228 g/mol. The highest BCUT2D eigenvalue weighted by molar-refractivity contribution is 5.78. The largest absolute Gasteiger partial charge is 0.393 e. The summed E-state index contributed by atoms with van der Waals surface area (Å²) in [6.45, 7) is 7.31. The lowest BCUT2D eigenvalue weighted by Gasteiger charge is -2.25. The number of aliphatic hydroxyl groups is 1. The Balaban J connectivity index is 2.38. The summed E-state index contributed by atoms with van der Waals surface area (Å²) in [5.74, 6) is 0.136. The smallest absolute Gasteiger partial charge is 0.224 e. The maximum atomic E-state index is 12.0. The fraction of sp³-hybridized carbons (Fsp3) is 0.929. The lowest BCUT2D eigenvalue weighted by atomic mass is 9.84. The molecule has 0 aromatic carbocycles. The minimum atomic E-state index is -0.246. The molecule has 1 aliphatic carbocycles. The van der Waals surface area contributed by atoms with Crippen LogP contribution < -0.4 is 11.1 Å². The van der Waals surface area contributed by atoms with Crippen LogP contribution in [0.15, 0.2) is 0 Å². The first kappa shape index (κ1) is 15.4. The second-order valence-corrected chi connectivity index (χ2v) is 6.70. The Hall–Kier alpha value is -0.610. The second-order valence-electron chi connectivity index (χ2n) is 6.70. The first-order valence-corrected chi connectivity index (χ1v) is 6.99. The molecule has 3 unspecified atom stereocenters. The number of hydrogen-bond donors (Lipinski definition) is 3. The fourth-order valence-electron chi connectivity index (χ4n) is 2.65. The molecule has 0 radical (unpaired) electrons. The van der Waals surface area contributed by atoms with Crippen molar-refractivity contribution in [1.82, 2.24) is 5.32 Å². The van der Waals surface area contributed by atoms with Crippen LogP contribution in [0.4, 0.5) is 0 Å². The van der Waals surface area contributed by atoms with Crippen molar-refractivity contribution >= 4 is 5.91 Å². The number of rotatable bonds is 5. The maximum absolute atomic E-state index is 12.0. The molecule has 4 N–H and O–H groups in total. The topological polar surface area (TPSA) is 75.4 Å². The Bertz CT molecular complexity index is 273. The van der Waals surface area contributed by atoms with Crippen LogP contribution in [0.2, 0.25) is 0 Å². The van der Waals surface area contributed by atoms with Crippen molar-refractivity contribution in [1.29, 1.82) is 0 Å². The average molecular weight is 256 g/mol. The molecule has 1 rings (SSSR count).